The molecule has 1 amide bonds. The topological polar surface area (TPSA) is 60.5 Å². The number of ether oxygens (including phenoxy) is 2. The molecule has 1 aromatic heterocycles. The van der Waals surface area contributed by atoms with E-state index in [4.69, 9.17) is 9.47 Å². The van der Waals surface area contributed by atoms with Gasteiger partial charge in [0.05, 0.1) is 7.11 Å². The first-order valence-electron chi connectivity index (χ1n) is 6.67. The van der Waals surface area contributed by atoms with E-state index < -0.39 is 6.10 Å². The van der Waals surface area contributed by atoms with Gasteiger partial charge in [0.2, 0.25) is 5.88 Å². The quantitative estimate of drug-likeness (QED) is 0.884. The molecular weight excluding hydrogens is 268 g/mol. The van der Waals surface area contributed by atoms with E-state index in [9.17, 15) is 4.79 Å². The largest absolute Gasteiger partial charge is 0.481 e. The maximum Gasteiger partial charge on any atom is 0.261 e. The van der Waals surface area contributed by atoms with Gasteiger partial charge in [-0.3, -0.25) is 4.79 Å². The lowest BCUT2D eigenvalue weighted by Gasteiger charge is -2.14. The number of carbonyl (C=O) groups excluding carboxylic acids is 1. The minimum atomic E-state index is -0.559. The van der Waals surface area contributed by atoms with Crippen molar-refractivity contribution in [1.29, 1.82) is 0 Å². The van der Waals surface area contributed by atoms with Crippen LogP contribution in [0.1, 0.15) is 12.5 Å². The number of aromatic nitrogens is 1. The maximum atomic E-state index is 12.0. The fraction of sp³-hybridized carbons (Fsp3) is 0.250. The van der Waals surface area contributed by atoms with Crippen molar-refractivity contribution in [1.82, 2.24) is 10.3 Å². The Hall–Kier alpha value is -2.56. The number of nitrogens with one attached hydrogen (secondary N) is 1. The molecule has 2 aromatic rings. The highest BCUT2D eigenvalue weighted by molar-refractivity contribution is 5.80. The molecule has 0 aliphatic heterocycles. The van der Waals surface area contributed by atoms with Crippen LogP contribution in [-0.4, -0.2) is 24.1 Å². The molecule has 1 N–H and O–H groups in total. The molecule has 0 fully saturated rings. The highest BCUT2D eigenvalue weighted by Crippen LogP contribution is 2.11. The fourth-order valence-corrected chi connectivity index (χ4v) is 1.76. The zero-order valence-electron chi connectivity index (χ0n) is 12.1. The molecule has 1 heterocycles. The molecule has 0 aliphatic carbocycles. The third kappa shape index (κ3) is 4.49. The van der Waals surface area contributed by atoms with E-state index in [-0.39, 0.29) is 5.91 Å². The SMILES string of the molecule is COc1cc(CNC(=O)C(C)Oc2ccccc2)ccn1. The molecule has 0 radical (unpaired) electrons. The van der Waals surface area contributed by atoms with Crippen molar-refractivity contribution in [2.24, 2.45) is 0 Å². The van der Waals surface area contributed by atoms with E-state index in [0.29, 0.717) is 18.2 Å². The second kappa shape index (κ2) is 7.28. The van der Waals surface area contributed by atoms with Crippen molar-refractivity contribution >= 4 is 5.91 Å². The van der Waals surface area contributed by atoms with Gasteiger partial charge in [0.25, 0.3) is 5.91 Å². The summed E-state index contributed by atoms with van der Waals surface area (Å²) in [5.74, 6) is 1.02. The summed E-state index contributed by atoms with van der Waals surface area (Å²) in [5, 5.41) is 2.82. The third-order valence-electron chi connectivity index (χ3n) is 2.90. The number of rotatable bonds is 6. The molecule has 0 saturated carbocycles. The first-order valence-corrected chi connectivity index (χ1v) is 6.67. The second-order valence-corrected chi connectivity index (χ2v) is 4.50. The Morgan fingerprint density at radius 3 is 2.76 bits per heavy atom. The summed E-state index contributed by atoms with van der Waals surface area (Å²) in [6.45, 7) is 2.12. The summed E-state index contributed by atoms with van der Waals surface area (Å²) in [7, 11) is 1.56. The van der Waals surface area contributed by atoms with Crippen LogP contribution in [0, 0.1) is 0 Å². The van der Waals surface area contributed by atoms with Crippen LogP contribution < -0.4 is 14.8 Å². The normalized spacial score (nSPS) is 11.5. The summed E-state index contributed by atoms with van der Waals surface area (Å²) in [6.07, 6.45) is 1.08. The van der Waals surface area contributed by atoms with Gasteiger partial charge >= 0.3 is 0 Å². The number of nitrogens with zero attached hydrogens (tertiary/aromatic N) is 1. The number of para-hydroxylation sites is 1. The zero-order chi connectivity index (χ0) is 15.1. The van der Waals surface area contributed by atoms with Crippen molar-refractivity contribution in [3.05, 3.63) is 54.2 Å². The molecule has 1 atom stereocenters. The number of methoxy groups -OCH3 is 1. The Labute approximate surface area is 123 Å². The molecule has 110 valence electrons. The Balaban J connectivity index is 1.86. The second-order valence-electron chi connectivity index (χ2n) is 4.50. The van der Waals surface area contributed by atoms with Gasteiger partial charge in [-0.2, -0.15) is 0 Å². The van der Waals surface area contributed by atoms with Crippen molar-refractivity contribution in [3.63, 3.8) is 0 Å². The maximum absolute atomic E-state index is 12.0. The van der Waals surface area contributed by atoms with Crippen LogP contribution in [-0.2, 0) is 11.3 Å². The number of pyridine rings is 1. The summed E-state index contributed by atoms with van der Waals surface area (Å²) in [4.78, 5) is 16.0. The number of hydrogen-bond donors (Lipinski definition) is 1. The highest BCUT2D eigenvalue weighted by atomic mass is 16.5. The number of carbonyl (C=O) groups is 1. The average molecular weight is 286 g/mol. The Kier molecular flexibility index (Phi) is 5.15. The number of hydrogen-bond acceptors (Lipinski definition) is 4. The van der Waals surface area contributed by atoms with Gasteiger partial charge in [-0.15, -0.1) is 0 Å². The minimum Gasteiger partial charge on any atom is -0.481 e. The first-order chi connectivity index (χ1) is 10.2. The molecule has 5 nitrogen and oxygen atoms in total. The summed E-state index contributed by atoms with van der Waals surface area (Å²) >= 11 is 0. The average Bonchev–Trinajstić information content (AvgIpc) is 2.53. The number of amides is 1. The lowest BCUT2D eigenvalue weighted by Crippen LogP contribution is -2.35. The first kappa shape index (κ1) is 14.8. The molecular formula is C16H18N2O3. The smallest absolute Gasteiger partial charge is 0.261 e. The molecule has 1 unspecified atom stereocenters. The lowest BCUT2D eigenvalue weighted by molar-refractivity contribution is -0.127. The van der Waals surface area contributed by atoms with Crippen molar-refractivity contribution in [2.45, 2.75) is 19.6 Å². The van der Waals surface area contributed by atoms with Crippen molar-refractivity contribution < 1.29 is 14.3 Å². The van der Waals surface area contributed by atoms with E-state index >= 15 is 0 Å². The predicted octanol–water partition coefficient (Wildman–Crippen LogP) is 2.17. The van der Waals surface area contributed by atoms with Crippen LogP contribution in [0.5, 0.6) is 11.6 Å². The van der Waals surface area contributed by atoms with Gasteiger partial charge < -0.3 is 14.8 Å². The Bertz CT molecular complexity index is 587. The lowest BCUT2D eigenvalue weighted by atomic mass is 10.2. The highest BCUT2D eigenvalue weighted by Gasteiger charge is 2.14. The van der Waals surface area contributed by atoms with Crippen LogP contribution in [0.2, 0.25) is 0 Å². The Morgan fingerprint density at radius 2 is 2.05 bits per heavy atom. The summed E-state index contributed by atoms with van der Waals surface area (Å²) in [6, 6.07) is 12.9. The van der Waals surface area contributed by atoms with Crippen LogP contribution in [0.3, 0.4) is 0 Å². The van der Waals surface area contributed by atoms with Crippen LogP contribution in [0.4, 0.5) is 0 Å². The molecule has 21 heavy (non-hydrogen) atoms. The zero-order valence-corrected chi connectivity index (χ0v) is 12.1. The van der Waals surface area contributed by atoms with Crippen LogP contribution in [0.25, 0.3) is 0 Å². The van der Waals surface area contributed by atoms with Crippen LogP contribution >= 0.6 is 0 Å². The van der Waals surface area contributed by atoms with E-state index in [2.05, 4.69) is 10.3 Å². The van der Waals surface area contributed by atoms with Crippen molar-refractivity contribution in [2.75, 3.05) is 7.11 Å². The van der Waals surface area contributed by atoms with E-state index in [1.165, 1.54) is 0 Å². The van der Waals surface area contributed by atoms with Gasteiger partial charge in [0.15, 0.2) is 6.10 Å². The summed E-state index contributed by atoms with van der Waals surface area (Å²) < 4.78 is 10.6. The molecule has 2 rings (SSSR count). The molecule has 0 bridgehead atoms. The van der Waals surface area contributed by atoms with Gasteiger partial charge in [-0.05, 0) is 30.7 Å². The monoisotopic (exact) mass is 286 g/mol. The fourth-order valence-electron chi connectivity index (χ4n) is 1.76. The van der Waals surface area contributed by atoms with Gasteiger partial charge in [-0.25, -0.2) is 4.98 Å². The van der Waals surface area contributed by atoms with Crippen LogP contribution in [0.15, 0.2) is 48.7 Å². The summed E-state index contributed by atoms with van der Waals surface area (Å²) in [5.41, 5.74) is 0.919. The van der Waals surface area contributed by atoms with E-state index in [1.807, 2.05) is 36.4 Å². The molecule has 0 spiro atoms. The number of benzene rings is 1. The standard InChI is InChI=1S/C16H18N2O3/c1-12(21-14-6-4-3-5-7-14)16(19)18-11-13-8-9-17-15(10-13)20-2/h3-10,12H,11H2,1-2H3,(H,18,19). The van der Waals surface area contributed by atoms with Gasteiger partial charge in [0, 0.05) is 18.8 Å². The van der Waals surface area contributed by atoms with E-state index in [0.717, 1.165) is 5.56 Å². The minimum absolute atomic E-state index is 0.172. The predicted molar refractivity (Wildman–Crippen MR) is 79.2 cm³/mol. The third-order valence-corrected chi connectivity index (χ3v) is 2.90. The van der Waals surface area contributed by atoms with Gasteiger partial charge in [-0.1, -0.05) is 18.2 Å². The molecule has 0 saturated heterocycles. The molecule has 5 heteroatoms. The Morgan fingerprint density at radius 1 is 1.29 bits per heavy atom. The molecule has 0 aliphatic rings. The molecule has 1 aromatic carbocycles. The van der Waals surface area contributed by atoms with E-state index in [1.54, 1.807) is 26.3 Å². The van der Waals surface area contributed by atoms with Gasteiger partial charge in [0.1, 0.15) is 5.75 Å². The van der Waals surface area contributed by atoms with Crippen molar-refractivity contribution in [3.8, 4) is 11.6 Å².